The van der Waals surface area contributed by atoms with Gasteiger partial charge in [-0.2, -0.15) is 5.10 Å². The highest BCUT2D eigenvalue weighted by Gasteiger charge is 2.17. The summed E-state index contributed by atoms with van der Waals surface area (Å²) in [5.74, 6) is 0.616. The molecule has 8 heteroatoms. The molecule has 0 bridgehead atoms. The summed E-state index contributed by atoms with van der Waals surface area (Å²) in [7, 11) is 0. The van der Waals surface area contributed by atoms with E-state index in [1.54, 1.807) is 12.4 Å². The summed E-state index contributed by atoms with van der Waals surface area (Å²) in [5.41, 5.74) is 9.43. The van der Waals surface area contributed by atoms with E-state index in [1.807, 2.05) is 67.6 Å². The minimum atomic E-state index is 0.616. The molecule has 0 amide bonds. The van der Waals surface area contributed by atoms with Gasteiger partial charge in [-0.25, -0.2) is 9.97 Å². The first-order valence-corrected chi connectivity index (χ1v) is 13.1. The molecule has 196 valence electrons. The Morgan fingerprint density at radius 2 is 1.73 bits per heavy atom. The molecule has 5 heterocycles. The Morgan fingerprint density at radius 1 is 0.875 bits per heavy atom. The number of allylic oxidation sites excluding steroid dienone is 3. The SMILES string of the molecule is C=C/C(=C\C(=C/C)c1ccc2[nH]nc(-c3nc4c(-c5ccccn5)nccc4[nH]3)c2n1)CNCc1ccccc1. The molecular formula is C32H28N8. The Bertz CT molecular complexity index is 1850. The molecule has 40 heavy (non-hydrogen) atoms. The van der Waals surface area contributed by atoms with Crippen molar-refractivity contribution in [2.24, 2.45) is 0 Å². The topological polar surface area (TPSA) is 108 Å². The lowest BCUT2D eigenvalue weighted by molar-refractivity contribution is 0.747. The van der Waals surface area contributed by atoms with Gasteiger partial charge in [-0.1, -0.05) is 55.1 Å². The second-order valence-electron chi connectivity index (χ2n) is 9.28. The highest BCUT2D eigenvalue weighted by molar-refractivity contribution is 5.94. The second kappa shape index (κ2) is 11.3. The Kier molecular flexibility index (Phi) is 7.07. The van der Waals surface area contributed by atoms with E-state index in [4.69, 9.17) is 9.97 Å². The van der Waals surface area contributed by atoms with Crippen LogP contribution in [0.4, 0.5) is 0 Å². The first-order valence-electron chi connectivity index (χ1n) is 13.1. The van der Waals surface area contributed by atoms with Crippen LogP contribution in [0.2, 0.25) is 0 Å². The standard InChI is InChI=1S/C32H28N8/c1-3-21(19-33-20-22-10-6-5-7-11-22)18-23(4-2)24-13-14-27-30(36-24)31(40-39-27)32-37-26-15-17-35-28(29(26)38-32)25-12-8-9-16-34-25/h3-18,33H,1,19-20H2,2H3,(H,37,38)(H,39,40)/b21-18+,23-4+. The summed E-state index contributed by atoms with van der Waals surface area (Å²) in [5, 5.41) is 11.1. The van der Waals surface area contributed by atoms with Crippen LogP contribution in [0, 0.1) is 0 Å². The molecule has 3 N–H and O–H groups in total. The van der Waals surface area contributed by atoms with Crippen molar-refractivity contribution >= 4 is 27.6 Å². The lowest BCUT2D eigenvalue weighted by atomic mass is 10.1. The van der Waals surface area contributed by atoms with Crippen molar-refractivity contribution in [1.29, 1.82) is 0 Å². The van der Waals surface area contributed by atoms with Gasteiger partial charge in [0.05, 0.1) is 22.4 Å². The number of imidazole rings is 1. The first kappa shape index (κ1) is 25.1. The fourth-order valence-electron chi connectivity index (χ4n) is 4.60. The smallest absolute Gasteiger partial charge is 0.161 e. The summed E-state index contributed by atoms with van der Waals surface area (Å²) in [6.45, 7) is 7.51. The van der Waals surface area contributed by atoms with Crippen LogP contribution in [0.15, 0.2) is 110 Å². The van der Waals surface area contributed by atoms with Crippen LogP contribution in [-0.2, 0) is 6.54 Å². The van der Waals surface area contributed by atoms with Crippen LogP contribution in [0.5, 0.6) is 0 Å². The number of hydrogen-bond acceptors (Lipinski definition) is 6. The molecule has 8 nitrogen and oxygen atoms in total. The van der Waals surface area contributed by atoms with Gasteiger partial charge in [0, 0.05) is 25.5 Å². The van der Waals surface area contributed by atoms with Gasteiger partial charge in [0.25, 0.3) is 0 Å². The summed E-state index contributed by atoms with van der Waals surface area (Å²) in [4.78, 5) is 22.3. The van der Waals surface area contributed by atoms with Crippen LogP contribution in [0.3, 0.4) is 0 Å². The molecule has 5 aromatic heterocycles. The van der Waals surface area contributed by atoms with E-state index in [-0.39, 0.29) is 0 Å². The second-order valence-corrected chi connectivity index (χ2v) is 9.28. The molecule has 0 saturated carbocycles. The molecular weight excluding hydrogens is 496 g/mol. The van der Waals surface area contributed by atoms with Crippen LogP contribution in [0.25, 0.3) is 50.5 Å². The third kappa shape index (κ3) is 5.08. The Labute approximate surface area is 231 Å². The van der Waals surface area contributed by atoms with Crippen LogP contribution in [-0.4, -0.2) is 41.7 Å². The van der Waals surface area contributed by atoms with E-state index in [2.05, 4.69) is 61.3 Å². The monoisotopic (exact) mass is 524 g/mol. The molecule has 0 radical (unpaired) electrons. The van der Waals surface area contributed by atoms with E-state index in [1.165, 1.54) is 5.56 Å². The molecule has 0 aliphatic carbocycles. The third-order valence-electron chi connectivity index (χ3n) is 6.65. The number of aromatic nitrogens is 7. The van der Waals surface area contributed by atoms with Gasteiger partial charge in [0.15, 0.2) is 11.5 Å². The maximum atomic E-state index is 5.00. The first-order chi connectivity index (χ1) is 19.7. The highest BCUT2D eigenvalue weighted by Crippen LogP contribution is 2.29. The van der Waals surface area contributed by atoms with Gasteiger partial charge < -0.3 is 10.3 Å². The van der Waals surface area contributed by atoms with Gasteiger partial charge in [-0.15, -0.1) is 0 Å². The lowest BCUT2D eigenvalue weighted by Crippen LogP contribution is -2.16. The van der Waals surface area contributed by atoms with Gasteiger partial charge >= 0.3 is 0 Å². The Balaban J connectivity index is 1.31. The molecule has 6 rings (SSSR count). The molecule has 0 unspecified atom stereocenters. The summed E-state index contributed by atoms with van der Waals surface area (Å²) < 4.78 is 0. The van der Waals surface area contributed by atoms with Crippen molar-refractivity contribution in [2.45, 2.75) is 13.5 Å². The Hall–Kier alpha value is -5.21. The fraction of sp³-hybridized carbons (Fsp3) is 0.0938. The lowest BCUT2D eigenvalue weighted by Gasteiger charge is -2.08. The fourth-order valence-corrected chi connectivity index (χ4v) is 4.60. The summed E-state index contributed by atoms with van der Waals surface area (Å²) in [6.07, 6.45) is 9.56. The number of H-pyrrole nitrogens is 2. The molecule has 0 aliphatic rings. The molecule has 0 spiro atoms. The summed E-state index contributed by atoms with van der Waals surface area (Å²) in [6, 6.07) is 22.0. The van der Waals surface area contributed by atoms with Gasteiger partial charge in [-0.3, -0.25) is 15.1 Å². The molecule has 0 atom stereocenters. The number of fused-ring (bicyclic) bond motifs is 2. The van der Waals surface area contributed by atoms with Crippen molar-refractivity contribution in [3.05, 3.63) is 121 Å². The minimum absolute atomic E-state index is 0.616. The van der Waals surface area contributed by atoms with E-state index in [0.717, 1.165) is 51.1 Å². The largest absolute Gasteiger partial charge is 0.336 e. The normalized spacial score (nSPS) is 12.3. The number of nitrogens with one attached hydrogen (secondary N) is 3. The van der Waals surface area contributed by atoms with E-state index in [9.17, 15) is 0 Å². The number of pyridine rings is 3. The van der Waals surface area contributed by atoms with Gasteiger partial charge in [-0.05, 0) is 60.0 Å². The van der Waals surface area contributed by atoms with Crippen molar-refractivity contribution in [3.8, 4) is 22.9 Å². The molecule has 0 saturated heterocycles. The van der Waals surface area contributed by atoms with E-state index >= 15 is 0 Å². The zero-order valence-corrected chi connectivity index (χ0v) is 22.1. The van der Waals surface area contributed by atoms with Crippen molar-refractivity contribution in [2.75, 3.05) is 6.54 Å². The zero-order valence-electron chi connectivity index (χ0n) is 22.1. The molecule has 0 fully saturated rings. The quantitative estimate of drug-likeness (QED) is 0.193. The minimum Gasteiger partial charge on any atom is -0.336 e. The third-order valence-corrected chi connectivity index (χ3v) is 6.65. The summed E-state index contributed by atoms with van der Waals surface area (Å²) >= 11 is 0. The van der Waals surface area contributed by atoms with Gasteiger partial charge in [0.1, 0.15) is 16.7 Å². The highest BCUT2D eigenvalue weighted by atomic mass is 15.2. The molecule has 1 aromatic carbocycles. The molecule has 0 aliphatic heterocycles. The number of hydrogen-bond donors (Lipinski definition) is 3. The number of nitrogens with zero attached hydrogens (tertiary/aromatic N) is 5. The maximum absolute atomic E-state index is 5.00. The maximum Gasteiger partial charge on any atom is 0.161 e. The molecule has 6 aromatic rings. The van der Waals surface area contributed by atoms with Crippen LogP contribution in [0.1, 0.15) is 18.2 Å². The van der Waals surface area contributed by atoms with Gasteiger partial charge in [0.2, 0.25) is 0 Å². The average Bonchev–Trinajstić information content (AvgIpc) is 3.63. The number of aromatic amines is 2. The van der Waals surface area contributed by atoms with E-state index in [0.29, 0.717) is 23.8 Å². The number of benzene rings is 1. The zero-order chi connectivity index (χ0) is 27.3. The van der Waals surface area contributed by atoms with Crippen LogP contribution >= 0.6 is 0 Å². The predicted molar refractivity (Wildman–Crippen MR) is 160 cm³/mol. The van der Waals surface area contributed by atoms with Crippen LogP contribution < -0.4 is 5.32 Å². The average molecular weight is 525 g/mol. The van der Waals surface area contributed by atoms with Crippen molar-refractivity contribution < 1.29 is 0 Å². The predicted octanol–water partition coefficient (Wildman–Crippen LogP) is 6.26. The van der Waals surface area contributed by atoms with Crippen molar-refractivity contribution in [3.63, 3.8) is 0 Å². The van der Waals surface area contributed by atoms with Crippen molar-refractivity contribution in [1.82, 2.24) is 40.4 Å². The number of rotatable bonds is 9. The van der Waals surface area contributed by atoms with E-state index < -0.39 is 0 Å². The Morgan fingerprint density at radius 3 is 2.52 bits per heavy atom.